The Morgan fingerprint density at radius 2 is 0.738 bits per heavy atom. The van der Waals surface area contributed by atoms with E-state index in [0.717, 1.165) is 18.2 Å². The standard InChI is InChI=1S/C92H102N6O24/c1-7-66-73(117-91-83(111-55-63-43-27-14-28-44-63)77(109-53-61-39-23-12-24-40-61)79(81(121-91)87(101)104-5)120-90-72(96-98-94)76(108-52-60-37-21-11-22-38-60)75(67(8-2)115-90)107-51-59-35-19-10-20-36-59)57(3)71(95-97-93)89(114-66)119-80-78(110-54-62-41-25-13-26-42-62)84(116-86(100)65-47-31-16-32-48-65)92(122-82(80)88(102)105-6)118-74-68(106-50-58-33-17-9-18-34-58)49-70(103-4)113-69(74)56-112-85(99)64-45-29-15-30-46-64/h9-48,57,66-84,89-92H,7-8,49-56H2,1-6H3/t57-,66?,67?,68-,69?,70+,71?,72?,73+,74+,75-,76-,77+,78-,79+,80-,81?,82?,83?,84?,89+,90-,91-,92-/m1/s1/i49D/t49?,57-,66?,67?,68-,69?,70+,71?,72?,73+,74+,75-,76-,77+,78-,79+,80-,81?,82?,83?,84?,89+,90-,91-,92-. The van der Waals surface area contributed by atoms with Crippen LogP contribution in [0.4, 0.5) is 0 Å². The van der Waals surface area contributed by atoms with Crippen molar-refractivity contribution in [3.63, 3.8) is 0 Å². The van der Waals surface area contributed by atoms with E-state index in [9.17, 15) is 17.2 Å². The Labute approximate surface area is 708 Å². The Morgan fingerprint density at radius 1 is 0.385 bits per heavy atom. The topological polar surface area (TPSA) is 350 Å². The molecule has 0 spiro atoms. The third kappa shape index (κ3) is 23.1. The molecule has 0 bridgehead atoms. The van der Waals surface area contributed by atoms with E-state index in [0.29, 0.717) is 28.7 Å². The second-order valence-electron chi connectivity index (χ2n) is 29.7. The molecule has 5 fully saturated rings. The van der Waals surface area contributed by atoms with Gasteiger partial charge in [0.15, 0.2) is 49.8 Å². The van der Waals surface area contributed by atoms with E-state index in [1.165, 1.54) is 26.4 Å². The second kappa shape index (κ2) is 45.1. The van der Waals surface area contributed by atoms with Crippen molar-refractivity contribution in [2.24, 2.45) is 16.1 Å². The number of benzene rings is 8. The molecule has 0 amide bonds. The summed E-state index contributed by atoms with van der Waals surface area (Å²) in [6, 6.07) is 69.1. The minimum absolute atomic E-state index is 0.0615. The quantitative estimate of drug-likeness (QED) is 0.0114. The van der Waals surface area contributed by atoms with Crippen molar-refractivity contribution in [1.29, 1.82) is 0 Å². The summed E-state index contributed by atoms with van der Waals surface area (Å²) in [6.45, 7) is 4.62. The number of hydrogen-bond acceptors (Lipinski definition) is 26. The first-order chi connectivity index (χ1) is 60.2. The van der Waals surface area contributed by atoms with Gasteiger partial charge in [0.1, 0.15) is 67.6 Å². The molecule has 10 unspecified atom stereocenters. The average Bonchev–Trinajstić information content (AvgIpc) is 0.756. The molecule has 5 aliphatic rings. The summed E-state index contributed by atoms with van der Waals surface area (Å²) in [5, 5.41) is 8.70. The molecule has 5 aliphatic heterocycles. The molecule has 30 heteroatoms. The molecule has 5 saturated heterocycles. The Hall–Kier alpha value is -10.4. The van der Waals surface area contributed by atoms with E-state index >= 15 is 14.4 Å². The summed E-state index contributed by atoms with van der Waals surface area (Å²) >= 11 is 0. The molecule has 8 aromatic rings. The van der Waals surface area contributed by atoms with Gasteiger partial charge in [0.25, 0.3) is 0 Å². The fraction of sp³-hybridized carbons (Fsp3) is 0.435. The molecule has 25 atom stereocenters. The van der Waals surface area contributed by atoms with Gasteiger partial charge in [0, 0.05) is 24.7 Å². The van der Waals surface area contributed by atoms with Gasteiger partial charge in [-0.25, -0.2) is 19.2 Å². The van der Waals surface area contributed by atoms with Gasteiger partial charge in [0.2, 0.25) is 0 Å². The average molecular weight is 1680 g/mol. The molecule has 0 N–H and O–H groups in total. The number of esters is 4. The molecule has 30 nitrogen and oxygen atoms in total. The van der Waals surface area contributed by atoms with Crippen LogP contribution in [-0.4, -0.2) is 193 Å². The van der Waals surface area contributed by atoms with Gasteiger partial charge in [0.05, 0.1) is 95.4 Å². The number of methoxy groups -OCH3 is 3. The minimum atomic E-state index is -1.92. The molecule has 13 rings (SSSR count). The molecule has 122 heavy (non-hydrogen) atoms. The lowest BCUT2D eigenvalue weighted by atomic mass is 9.87. The summed E-state index contributed by atoms with van der Waals surface area (Å²) in [7, 11) is 3.65. The monoisotopic (exact) mass is 1680 g/mol. The van der Waals surface area contributed by atoms with E-state index in [-0.39, 0.29) is 57.2 Å². The molecule has 5 heterocycles. The second-order valence-corrected chi connectivity index (χ2v) is 29.7. The maximum Gasteiger partial charge on any atom is 0.338 e. The van der Waals surface area contributed by atoms with Crippen molar-refractivity contribution in [1.82, 2.24) is 0 Å². The van der Waals surface area contributed by atoms with Gasteiger partial charge in [-0.3, -0.25) is 0 Å². The van der Waals surface area contributed by atoms with E-state index in [1.54, 1.807) is 79.7 Å². The Kier molecular flexibility index (Phi) is 32.5. The van der Waals surface area contributed by atoms with E-state index in [2.05, 4.69) is 20.1 Å². The molecule has 0 saturated carbocycles. The fourth-order valence-electron chi connectivity index (χ4n) is 15.5. The van der Waals surface area contributed by atoms with Crippen LogP contribution in [0, 0.1) is 5.92 Å². The number of azide groups is 2. The maximum absolute atomic E-state index is 15.1. The highest BCUT2D eigenvalue weighted by atomic mass is 16.8. The fourth-order valence-corrected chi connectivity index (χ4v) is 15.5. The summed E-state index contributed by atoms with van der Waals surface area (Å²) in [5.41, 5.74) is 26.1. The van der Waals surface area contributed by atoms with Crippen molar-refractivity contribution < 1.29 is 115 Å². The van der Waals surface area contributed by atoms with Gasteiger partial charge in [-0.1, -0.05) is 249 Å². The first kappa shape index (κ1) is 87.9. The number of ether oxygens (including phenoxy) is 20. The third-order valence-corrected chi connectivity index (χ3v) is 21.8. The molecular weight excluding hydrogens is 1570 g/mol. The first-order valence-electron chi connectivity index (χ1n) is 41.3. The number of carbonyl (C=O) groups is 4. The molecule has 8 aromatic carbocycles. The van der Waals surface area contributed by atoms with Gasteiger partial charge < -0.3 is 94.7 Å². The van der Waals surface area contributed by atoms with Crippen LogP contribution in [0.1, 0.15) is 95.5 Å². The van der Waals surface area contributed by atoms with Crippen LogP contribution >= 0.6 is 0 Å². The SMILES string of the molecule is [2H]C1[C@@H](OC)OC(COC(=O)c2ccccc2)[C@@H](O[C@@H]2OC(C(=O)OC)[C@H](O[C@@H]3OC(CC)[C@@H](O[C@@H]4OC(C(=O)OC)[C@@H](O[C@H]5OC(CC)[C@@H](OCc6ccccc6)[C@H](OCc6ccccc6)C5N=[N+]=[N-])[C@H](OCc5ccccc5)C4OCc4ccccc4)[C@H](C)C3N=[N+]=[N-])[C@@H](OCc3ccccc3)C2OC(=O)c2ccccc2)[C@@H]1OCc1ccccc1. The van der Waals surface area contributed by atoms with Gasteiger partial charge in [-0.15, -0.1) is 0 Å². The van der Waals surface area contributed by atoms with Crippen molar-refractivity contribution in [2.75, 3.05) is 27.9 Å². The summed E-state index contributed by atoms with van der Waals surface area (Å²) in [6.07, 6.45) is -31.1. The van der Waals surface area contributed by atoms with Crippen LogP contribution in [0.3, 0.4) is 0 Å². The normalized spacial score (nSPS) is 30.2. The van der Waals surface area contributed by atoms with Gasteiger partial charge >= 0.3 is 23.9 Å². The largest absolute Gasteiger partial charge is 0.467 e. The number of carbonyl (C=O) groups excluding carboxylic acids is 4. The van der Waals surface area contributed by atoms with Crippen LogP contribution in [-0.2, 0) is 144 Å². The Morgan fingerprint density at radius 3 is 1.16 bits per heavy atom. The van der Waals surface area contributed by atoms with Gasteiger partial charge in [-0.05, 0) is 87.5 Å². The molecule has 0 radical (unpaired) electrons. The highest BCUT2D eigenvalue weighted by molar-refractivity contribution is 5.90. The Balaban J connectivity index is 0.862. The highest BCUT2D eigenvalue weighted by Gasteiger charge is 2.61. The predicted octanol–water partition coefficient (Wildman–Crippen LogP) is 13.9. The maximum atomic E-state index is 15.1. The Bertz CT molecular complexity index is 4680. The van der Waals surface area contributed by atoms with Crippen molar-refractivity contribution >= 4 is 23.9 Å². The number of rotatable bonds is 38. The molecule has 0 aliphatic carbocycles. The molecule has 644 valence electrons. The first-order valence-corrected chi connectivity index (χ1v) is 40.7. The lowest BCUT2D eigenvalue weighted by Crippen LogP contribution is -2.68. The zero-order chi connectivity index (χ0) is 86.0. The van der Waals surface area contributed by atoms with Crippen LogP contribution in [0.2, 0.25) is 0 Å². The van der Waals surface area contributed by atoms with Crippen LogP contribution in [0.5, 0.6) is 0 Å². The minimum Gasteiger partial charge on any atom is -0.467 e. The summed E-state index contributed by atoms with van der Waals surface area (Å²) in [4.78, 5) is 65.6. The number of nitrogens with zero attached hydrogens (tertiary/aromatic N) is 6. The smallest absolute Gasteiger partial charge is 0.338 e. The predicted molar refractivity (Wildman–Crippen MR) is 437 cm³/mol. The number of hydrogen-bond donors (Lipinski definition) is 0. The summed E-state index contributed by atoms with van der Waals surface area (Å²) in [5.74, 6) is -4.63. The lowest BCUT2D eigenvalue weighted by molar-refractivity contribution is -0.377. The van der Waals surface area contributed by atoms with Crippen molar-refractivity contribution in [3.05, 3.63) is 308 Å². The van der Waals surface area contributed by atoms with E-state index in [1.807, 2.05) is 172 Å². The van der Waals surface area contributed by atoms with Crippen LogP contribution < -0.4 is 0 Å². The van der Waals surface area contributed by atoms with Crippen molar-refractivity contribution in [2.45, 2.75) is 221 Å². The molecular formula is C92H102N6O24. The molecule has 0 aromatic heterocycles. The summed E-state index contributed by atoms with van der Waals surface area (Å²) < 4.78 is 144. The van der Waals surface area contributed by atoms with Crippen LogP contribution in [0.15, 0.2) is 253 Å². The van der Waals surface area contributed by atoms with Gasteiger partial charge in [-0.2, -0.15) is 0 Å². The highest BCUT2D eigenvalue weighted by Crippen LogP contribution is 2.43. The van der Waals surface area contributed by atoms with E-state index < -0.39 is 184 Å². The van der Waals surface area contributed by atoms with E-state index in [4.69, 9.17) is 94.7 Å². The zero-order valence-electron chi connectivity index (χ0n) is 69.4. The third-order valence-electron chi connectivity index (χ3n) is 21.8. The lowest BCUT2D eigenvalue weighted by Gasteiger charge is -2.51. The van der Waals surface area contributed by atoms with Crippen LogP contribution in [0.25, 0.3) is 20.9 Å². The van der Waals surface area contributed by atoms with Crippen molar-refractivity contribution in [3.8, 4) is 0 Å². The zero-order valence-corrected chi connectivity index (χ0v) is 68.4.